The molecule has 0 spiro atoms. The van der Waals surface area contributed by atoms with E-state index < -0.39 is 12.0 Å². The summed E-state index contributed by atoms with van der Waals surface area (Å²) in [5.74, 6) is 1.47. The van der Waals surface area contributed by atoms with Gasteiger partial charge in [-0.2, -0.15) is 0 Å². The van der Waals surface area contributed by atoms with Gasteiger partial charge in [0.25, 0.3) is 0 Å². The lowest BCUT2D eigenvalue weighted by molar-refractivity contribution is -0.144. The highest BCUT2D eigenvalue weighted by Gasteiger charge is 2.31. The van der Waals surface area contributed by atoms with Gasteiger partial charge in [0.15, 0.2) is 11.5 Å². The third-order valence-corrected chi connectivity index (χ3v) is 5.17. The molecule has 1 aromatic carbocycles. The van der Waals surface area contributed by atoms with E-state index in [4.69, 9.17) is 9.47 Å². The summed E-state index contributed by atoms with van der Waals surface area (Å²) < 4.78 is 13.2. The van der Waals surface area contributed by atoms with Crippen molar-refractivity contribution in [3.63, 3.8) is 0 Å². The Morgan fingerprint density at radius 1 is 1.19 bits per heavy atom. The minimum atomic E-state index is -0.843. The van der Waals surface area contributed by atoms with E-state index in [2.05, 4.69) is 9.88 Å². The highest BCUT2D eigenvalue weighted by Crippen LogP contribution is 2.34. The lowest BCUT2D eigenvalue weighted by Crippen LogP contribution is -2.49. The van der Waals surface area contributed by atoms with Gasteiger partial charge in [-0.15, -0.1) is 0 Å². The van der Waals surface area contributed by atoms with E-state index >= 15 is 0 Å². The topological polar surface area (TPSA) is 80.1 Å². The number of aliphatic carboxylic acids is 1. The molecule has 144 valence electrons. The zero-order valence-electron chi connectivity index (χ0n) is 15.4. The number of carboxylic acids is 1. The Kier molecular flexibility index (Phi) is 5.00. The lowest BCUT2D eigenvalue weighted by Gasteiger charge is -2.37. The Morgan fingerprint density at radius 2 is 1.93 bits per heavy atom. The molecule has 0 amide bonds. The van der Waals surface area contributed by atoms with Crippen molar-refractivity contribution >= 4 is 5.97 Å². The number of aromatic nitrogens is 2. The Labute approximate surface area is 157 Å². The van der Waals surface area contributed by atoms with Crippen LogP contribution in [0, 0.1) is 0 Å². The van der Waals surface area contributed by atoms with Crippen LogP contribution < -0.4 is 9.47 Å². The number of benzene rings is 1. The molecule has 8 heteroatoms. The molecule has 2 aliphatic rings. The second-order valence-corrected chi connectivity index (χ2v) is 6.91. The van der Waals surface area contributed by atoms with E-state index in [1.54, 1.807) is 18.3 Å². The van der Waals surface area contributed by atoms with Gasteiger partial charge in [0.2, 0.25) is 0 Å². The summed E-state index contributed by atoms with van der Waals surface area (Å²) in [6.07, 6.45) is 3.74. The maximum atomic E-state index is 12.0. The van der Waals surface area contributed by atoms with Gasteiger partial charge in [-0.3, -0.25) is 14.6 Å². The number of ether oxygens (including phenoxy) is 2. The normalized spacial score (nSPS) is 19.0. The zero-order valence-corrected chi connectivity index (χ0v) is 15.4. The summed E-state index contributed by atoms with van der Waals surface area (Å²) in [6, 6.07) is 4.74. The molecule has 2 aromatic rings. The number of imidazole rings is 1. The first kappa shape index (κ1) is 17.8. The molecule has 27 heavy (non-hydrogen) atoms. The zero-order chi connectivity index (χ0) is 18.8. The maximum absolute atomic E-state index is 12.0. The molecule has 1 unspecified atom stereocenters. The number of carbonyl (C=O) groups is 1. The number of nitrogens with zero attached hydrogens (tertiary/aromatic N) is 4. The summed E-state index contributed by atoms with van der Waals surface area (Å²) in [4.78, 5) is 20.7. The summed E-state index contributed by atoms with van der Waals surface area (Å²) in [5.41, 5.74) is 0.726. The molecule has 1 aromatic heterocycles. The first-order chi connectivity index (χ1) is 13.1. The van der Waals surface area contributed by atoms with Crippen LogP contribution in [-0.4, -0.2) is 69.8 Å². The second-order valence-electron chi connectivity index (χ2n) is 6.91. The number of hydrogen-bond acceptors (Lipinski definition) is 6. The number of hydrogen-bond donors (Lipinski definition) is 1. The summed E-state index contributed by atoms with van der Waals surface area (Å²) in [5, 5.41) is 9.85. The number of fused-ring (bicyclic) bond motifs is 1. The molecule has 0 radical (unpaired) electrons. The predicted octanol–water partition coefficient (Wildman–Crippen LogP) is 1.13. The van der Waals surface area contributed by atoms with E-state index in [0.29, 0.717) is 37.8 Å². The van der Waals surface area contributed by atoms with Crippen LogP contribution in [0.5, 0.6) is 11.5 Å². The standard InChI is InChI=1S/C19H24N4O4/c1-21-5-4-20-17(21)13-22-6-8-23(9-7-22)18(19(24)25)14-2-3-15-16(12-14)27-11-10-26-15/h2-5,12,18H,6-11,13H2,1H3,(H,24,25). The fourth-order valence-corrected chi connectivity index (χ4v) is 3.67. The van der Waals surface area contributed by atoms with Gasteiger partial charge in [0.05, 0.1) is 6.54 Å². The van der Waals surface area contributed by atoms with E-state index in [0.717, 1.165) is 31.0 Å². The summed E-state index contributed by atoms with van der Waals surface area (Å²) in [7, 11) is 1.99. The minimum Gasteiger partial charge on any atom is -0.486 e. The molecule has 0 saturated carbocycles. The molecule has 2 aliphatic heterocycles. The average molecular weight is 372 g/mol. The molecule has 3 heterocycles. The quantitative estimate of drug-likeness (QED) is 0.843. The Balaban J connectivity index is 1.44. The SMILES string of the molecule is Cn1ccnc1CN1CCN(C(C(=O)O)c2ccc3c(c2)OCCO3)CC1. The van der Waals surface area contributed by atoms with E-state index in [1.807, 2.05) is 28.8 Å². The van der Waals surface area contributed by atoms with E-state index in [1.165, 1.54) is 0 Å². The molecular formula is C19H24N4O4. The highest BCUT2D eigenvalue weighted by atomic mass is 16.6. The predicted molar refractivity (Wildman–Crippen MR) is 97.9 cm³/mol. The minimum absolute atomic E-state index is 0.486. The highest BCUT2D eigenvalue weighted by molar-refractivity contribution is 5.76. The van der Waals surface area contributed by atoms with Crippen molar-refractivity contribution in [3.05, 3.63) is 42.0 Å². The first-order valence-corrected chi connectivity index (χ1v) is 9.17. The van der Waals surface area contributed by atoms with Crippen LogP contribution in [0.4, 0.5) is 0 Å². The van der Waals surface area contributed by atoms with Crippen molar-refractivity contribution in [2.75, 3.05) is 39.4 Å². The van der Waals surface area contributed by atoms with Gasteiger partial charge in [-0.25, -0.2) is 4.98 Å². The van der Waals surface area contributed by atoms with Crippen LogP contribution in [-0.2, 0) is 18.4 Å². The lowest BCUT2D eigenvalue weighted by atomic mass is 10.0. The number of rotatable bonds is 5. The van der Waals surface area contributed by atoms with Gasteiger partial charge >= 0.3 is 5.97 Å². The Morgan fingerprint density at radius 3 is 2.59 bits per heavy atom. The van der Waals surface area contributed by atoms with Crippen LogP contribution in [0.1, 0.15) is 17.4 Å². The summed E-state index contributed by atoms with van der Waals surface area (Å²) >= 11 is 0. The fraction of sp³-hybridized carbons (Fsp3) is 0.474. The first-order valence-electron chi connectivity index (χ1n) is 9.17. The van der Waals surface area contributed by atoms with Gasteiger partial charge in [0.1, 0.15) is 25.1 Å². The molecule has 0 aliphatic carbocycles. The van der Waals surface area contributed by atoms with Crippen molar-refractivity contribution < 1.29 is 19.4 Å². The van der Waals surface area contributed by atoms with Crippen molar-refractivity contribution in [1.29, 1.82) is 0 Å². The van der Waals surface area contributed by atoms with Crippen LogP contribution in [0.25, 0.3) is 0 Å². The monoisotopic (exact) mass is 372 g/mol. The maximum Gasteiger partial charge on any atom is 0.325 e. The van der Waals surface area contributed by atoms with Crippen LogP contribution in [0.2, 0.25) is 0 Å². The molecule has 1 saturated heterocycles. The van der Waals surface area contributed by atoms with Gasteiger partial charge in [-0.1, -0.05) is 6.07 Å². The van der Waals surface area contributed by atoms with Crippen molar-refractivity contribution in [1.82, 2.24) is 19.4 Å². The smallest absolute Gasteiger partial charge is 0.325 e. The molecule has 1 N–H and O–H groups in total. The molecule has 0 bridgehead atoms. The van der Waals surface area contributed by atoms with Crippen LogP contribution in [0.15, 0.2) is 30.6 Å². The van der Waals surface area contributed by atoms with Crippen LogP contribution in [0.3, 0.4) is 0 Å². The van der Waals surface area contributed by atoms with Crippen molar-refractivity contribution in [2.45, 2.75) is 12.6 Å². The number of aryl methyl sites for hydroxylation is 1. The molecule has 1 atom stereocenters. The van der Waals surface area contributed by atoms with Crippen molar-refractivity contribution in [3.8, 4) is 11.5 Å². The third-order valence-electron chi connectivity index (χ3n) is 5.17. The molecule has 4 rings (SSSR count). The van der Waals surface area contributed by atoms with E-state index in [9.17, 15) is 9.90 Å². The van der Waals surface area contributed by atoms with Gasteiger partial charge in [0, 0.05) is 45.6 Å². The van der Waals surface area contributed by atoms with Gasteiger partial charge < -0.3 is 19.1 Å². The summed E-state index contributed by atoms with van der Waals surface area (Å²) in [6.45, 7) is 4.78. The van der Waals surface area contributed by atoms with Gasteiger partial charge in [-0.05, 0) is 17.7 Å². The molecular weight excluding hydrogens is 348 g/mol. The Bertz CT molecular complexity index is 814. The second kappa shape index (κ2) is 7.58. The fourth-order valence-electron chi connectivity index (χ4n) is 3.67. The third kappa shape index (κ3) is 3.77. The van der Waals surface area contributed by atoms with E-state index in [-0.39, 0.29) is 0 Å². The largest absolute Gasteiger partial charge is 0.486 e. The molecule has 1 fully saturated rings. The average Bonchev–Trinajstić information content (AvgIpc) is 3.07. The number of carboxylic acid groups (broad SMARTS) is 1. The number of piperazine rings is 1. The van der Waals surface area contributed by atoms with Crippen LogP contribution >= 0.6 is 0 Å². The Hall–Kier alpha value is -2.58. The van der Waals surface area contributed by atoms with Crippen molar-refractivity contribution in [2.24, 2.45) is 7.05 Å². The molecule has 8 nitrogen and oxygen atoms in total.